The van der Waals surface area contributed by atoms with Gasteiger partial charge < -0.3 is 10.1 Å². The van der Waals surface area contributed by atoms with Gasteiger partial charge in [-0.3, -0.25) is 14.8 Å². The number of carbonyl (C=O) groups is 1. The predicted molar refractivity (Wildman–Crippen MR) is 87.3 cm³/mol. The second-order valence-electron chi connectivity index (χ2n) is 4.48. The van der Waals surface area contributed by atoms with Crippen LogP contribution in [0.3, 0.4) is 0 Å². The van der Waals surface area contributed by atoms with E-state index in [1.54, 1.807) is 31.5 Å². The van der Waals surface area contributed by atoms with Crippen molar-refractivity contribution in [2.24, 2.45) is 0 Å². The maximum Gasteiger partial charge on any atom is 0.321 e. The van der Waals surface area contributed by atoms with Crippen molar-refractivity contribution >= 4 is 23.2 Å². The Morgan fingerprint density at radius 3 is 2.55 bits per heavy atom. The molecule has 2 aromatic rings. The highest BCUT2D eigenvalue weighted by molar-refractivity contribution is 7.80. The summed E-state index contributed by atoms with van der Waals surface area (Å²) in [7, 11) is 0. The standard InChI is InChI=1S/C16H17N3O2S/c1-2-21-16(20)14(13-8-4-6-10-18-13)15(22)19-11-12-7-3-5-9-17-12/h3-10,14H,2,11H2,1H3,(H,19,22). The molecule has 0 aromatic carbocycles. The molecule has 0 aliphatic carbocycles. The van der Waals surface area contributed by atoms with Crippen LogP contribution >= 0.6 is 12.2 Å². The molecule has 0 fully saturated rings. The topological polar surface area (TPSA) is 64.1 Å². The van der Waals surface area contributed by atoms with Crippen LogP contribution in [0.25, 0.3) is 0 Å². The van der Waals surface area contributed by atoms with Gasteiger partial charge in [0, 0.05) is 12.4 Å². The molecule has 0 saturated heterocycles. The summed E-state index contributed by atoms with van der Waals surface area (Å²) in [4.78, 5) is 21.0. The largest absolute Gasteiger partial charge is 0.465 e. The third kappa shape index (κ3) is 4.33. The van der Waals surface area contributed by atoms with E-state index in [9.17, 15) is 4.79 Å². The Morgan fingerprint density at radius 2 is 1.95 bits per heavy atom. The summed E-state index contributed by atoms with van der Waals surface area (Å²) >= 11 is 5.37. The zero-order chi connectivity index (χ0) is 15.8. The quantitative estimate of drug-likeness (QED) is 0.651. The molecule has 2 rings (SSSR count). The minimum atomic E-state index is -0.708. The van der Waals surface area contributed by atoms with E-state index in [4.69, 9.17) is 17.0 Å². The van der Waals surface area contributed by atoms with Crippen LogP contribution in [0.2, 0.25) is 0 Å². The van der Waals surface area contributed by atoms with Crippen molar-refractivity contribution in [2.45, 2.75) is 19.4 Å². The number of nitrogens with zero attached hydrogens (tertiary/aromatic N) is 2. The number of ether oxygens (including phenoxy) is 1. The molecule has 1 atom stereocenters. The fourth-order valence-corrected chi connectivity index (χ4v) is 2.21. The summed E-state index contributed by atoms with van der Waals surface area (Å²) in [6.07, 6.45) is 3.34. The molecule has 114 valence electrons. The predicted octanol–water partition coefficient (Wildman–Crippen LogP) is 2.24. The van der Waals surface area contributed by atoms with Gasteiger partial charge in [0.1, 0.15) is 5.92 Å². The molecular weight excluding hydrogens is 298 g/mol. The van der Waals surface area contributed by atoms with Crippen LogP contribution in [0.4, 0.5) is 0 Å². The van der Waals surface area contributed by atoms with E-state index >= 15 is 0 Å². The number of nitrogens with one attached hydrogen (secondary N) is 1. The lowest BCUT2D eigenvalue weighted by Gasteiger charge is -2.17. The van der Waals surface area contributed by atoms with Crippen LogP contribution in [0, 0.1) is 0 Å². The minimum absolute atomic E-state index is 0.297. The van der Waals surface area contributed by atoms with Crippen molar-refractivity contribution in [1.82, 2.24) is 15.3 Å². The molecule has 2 aromatic heterocycles. The molecule has 5 nitrogen and oxygen atoms in total. The van der Waals surface area contributed by atoms with Crippen molar-refractivity contribution in [3.05, 3.63) is 60.2 Å². The lowest BCUT2D eigenvalue weighted by atomic mass is 10.0. The van der Waals surface area contributed by atoms with Gasteiger partial charge in [0.25, 0.3) is 0 Å². The molecule has 0 amide bonds. The van der Waals surface area contributed by atoms with E-state index in [2.05, 4.69) is 15.3 Å². The number of carbonyl (C=O) groups excluding carboxylic acids is 1. The van der Waals surface area contributed by atoms with E-state index in [0.29, 0.717) is 23.8 Å². The zero-order valence-electron chi connectivity index (χ0n) is 12.2. The highest BCUT2D eigenvalue weighted by Gasteiger charge is 2.27. The molecular formula is C16H17N3O2S. The fraction of sp³-hybridized carbons (Fsp3) is 0.250. The molecule has 0 aliphatic rings. The third-order valence-corrected chi connectivity index (χ3v) is 3.32. The summed E-state index contributed by atoms with van der Waals surface area (Å²) in [6.45, 7) is 2.51. The van der Waals surface area contributed by atoms with Gasteiger partial charge in [-0.2, -0.15) is 0 Å². The van der Waals surface area contributed by atoms with Crippen LogP contribution in [-0.4, -0.2) is 27.5 Å². The Kier molecular flexibility index (Phi) is 5.97. The number of thiocarbonyl (C=S) groups is 1. The van der Waals surface area contributed by atoms with Crippen molar-refractivity contribution in [3.63, 3.8) is 0 Å². The second-order valence-corrected chi connectivity index (χ2v) is 4.92. The van der Waals surface area contributed by atoms with E-state index in [1.165, 1.54) is 0 Å². The van der Waals surface area contributed by atoms with Gasteiger partial charge in [-0.1, -0.05) is 24.4 Å². The van der Waals surface area contributed by atoms with Gasteiger partial charge in [0.05, 0.1) is 29.5 Å². The van der Waals surface area contributed by atoms with Crippen LogP contribution in [0.15, 0.2) is 48.8 Å². The Labute approximate surface area is 134 Å². The first-order valence-corrected chi connectivity index (χ1v) is 7.38. The van der Waals surface area contributed by atoms with Crippen LogP contribution in [0.5, 0.6) is 0 Å². The van der Waals surface area contributed by atoms with Crippen LogP contribution < -0.4 is 5.32 Å². The first-order valence-electron chi connectivity index (χ1n) is 6.97. The maximum absolute atomic E-state index is 12.2. The van der Waals surface area contributed by atoms with Crippen molar-refractivity contribution in [3.8, 4) is 0 Å². The molecule has 1 N–H and O–H groups in total. The van der Waals surface area contributed by atoms with Gasteiger partial charge in [-0.05, 0) is 31.2 Å². The first-order chi connectivity index (χ1) is 10.7. The maximum atomic E-state index is 12.2. The average molecular weight is 315 g/mol. The number of rotatable bonds is 6. The van der Waals surface area contributed by atoms with Crippen molar-refractivity contribution in [2.75, 3.05) is 6.61 Å². The normalized spacial score (nSPS) is 11.5. The number of hydrogen-bond donors (Lipinski definition) is 1. The van der Waals surface area contributed by atoms with Gasteiger partial charge in [-0.15, -0.1) is 0 Å². The van der Waals surface area contributed by atoms with E-state index in [-0.39, 0.29) is 0 Å². The van der Waals surface area contributed by atoms with Gasteiger partial charge in [0.2, 0.25) is 0 Å². The van der Waals surface area contributed by atoms with E-state index in [1.807, 2.05) is 24.3 Å². The molecule has 6 heteroatoms. The van der Waals surface area contributed by atoms with Crippen molar-refractivity contribution < 1.29 is 9.53 Å². The summed E-state index contributed by atoms with van der Waals surface area (Å²) in [5.74, 6) is -1.11. The average Bonchev–Trinajstić information content (AvgIpc) is 2.55. The highest BCUT2D eigenvalue weighted by Crippen LogP contribution is 2.16. The summed E-state index contributed by atoms with van der Waals surface area (Å²) in [5, 5.41) is 3.06. The molecule has 1 unspecified atom stereocenters. The Hall–Kier alpha value is -2.34. The lowest BCUT2D eigenvalue weighted by molar-refractivity contribution is -0.143. The second kappa shape index (κ2) is 8.19. The minimum Gasteiger partial charge on any atom is -0.465 e. The Balaban J connectivity index is 2.11. The lowest BCUT2D eigenvalue weighted by Crippen LogP contribution is -2.33. The smallest absolute Gasteiger partial charge is 0.321 e. The molecule has 0 spiro atoms. The fourth-order valence-electron chi connectivity index (χ4n) is 1.92. The first kappa shape index (κ1) is 16.0. The van der Waals surface area contributed by atoms with E-state index < -0.39 is 11.9 Å². The Morgan fingerprint density at radius 1 is 1.23 bits per heavy atom. The molecule has 0 bridgehead atoms. The summed E-state index contributed by atoms with van der Waals surface area (Å²) in [6, 6.07) is 11.0. The molecule has 0 radical (unpaired) electrons. The number of pyridine rings is 2. The third-order valence-electron chi connectivity index (χ3n) is 2.94. The number of aromatic nitrogens is 2. The van der Waals surface area contributed by atoms with Gasteiger partial charge in [-0.25, -0.2) is 0 Å². The molecule has 2 heterocycles. The molecule has 22 heavy (non-hydrogen) atoms. The summed E-state index contributed by atoms with van der Waals surface area (Å²) < 4.78 is 5.11. The van der Waals surface area contributed by atoms with Gasteiger partial charge in [0.15, 0.2) is 0 Å². The van der Waals surface area contributed by atoms with Crippen molar-refractivity contribution in [1.29, 1.82) is 0 Å². The molecule has 0 saturated carbocycles. The summed E-state index contributed by atoms with van der Waals surface area (Å²) in [5.41, 5.74) is 1.41. The zero-order valence-corrected chi connectivity index (χ0v) is 13.0. The SMILES string of the molecule is CCOC(=O)C(C(=S)NCc1ccccn1)c1ccccn1. The number of esters is 1. The number of hydrogen-bond acceptors (Lipinski definition) is 5. The van der Waals surface area contributed by atoms with E-state index in [0.717, 1.165) is 5.69 Å². The van der Waals surface area contributed by atoms with Gasteiger partial charge >= 0.3 is 5.97 Å². The van der Waals surface area contributed by atoms with Crippen LogP contribution in [0.1, 0.15) is 24.2 Å². The highest BCUT2D eigenvalue weighted by atomic mass is 32.1. The monoisotopic (exact) mass is 315 g/mol. The van der Waals surface area contributed by atoms with Crippen LogP contribution in [-0.2, 0) is 16.1 Å². The Bertz CT molecular complexity index is 620. The molecule has 0 aliphatic heterocycles.